The Hall–Kier alpha value is -1.88. The number of amides is 1. The number of carbonyl (C=O) groups excluding carboxylic acids is 2. The first kappa shape index (κ1) is 16.5. The van der Waals surface area contributed by atoms with Gasteiger partial charge < -0.3 is 4.74 Å². The number of nitrogens with one attached hydrogen (secondary N) is 1. The minimum atomic E-state index is -0.363. The molecule has 1 aromatic carbocycles. The number of halogens is 1. The van der Waals surface area contributed by atoms with E-state index < -0.39 is 0 Å². The molecule has 5 nitrogen and oxygen atoms in total. The number of ketones is 1. The van der Waals surface area contributed by atoms with E-state index in [0.717, 1.165) is 0 Å². The maximum Gasteiger partial charge on any atom is 0.277 e. The molecule has 1 aliphatic rings. The fourth-order valence-corrected chi connectivity index (χ4v) is 2.56. The van der Waals surface area contributed by atoms with Crippen molar-refractivity contribution in [3.63, 3.8) is 0 Å². The summed E-state index contributed by atoms with van der Waals surface area (Å²) in [5, 5.41) is 4.66. The first-order valence-electron chi connectivity index (χ1n) is 7.08. The SMILES string of the molecule is CC1(C)CC(=O)C/C(=N/NC(=O)COc2ccc(Cl)cc2)C1. The number of benzene rings is 1. The van der Waals surface area contributed by atoms with Crippen LogP contribution in [0.1, 0.15) is 33.1 Å². The molecule has 0 atom stereocenters. The molecule has 1 saturated carbocycles. The minimum Gasteiger partial charge on any atom is -0.484 e. The van der Waals surface area contributed by atoms with Gasteiger partial charge in [-0.25, -0.2) is 5.43 Å². The van der Waals surface area contributed by atoms with Crippen LogP contribution in [0.15, 0.2) is 29.4 Å². The molecule has 2 rings (SSSR count). The van der Waals surface area contributed by atoms with E-state index in [-0.39, 0.29) is 23.7 Å². The molecule has 1 aromatic rings. The minimum absolute atomic E-state index is 0.0985. The van der Waals surface area contributed by atoms with Crippen molar-refractivity contribution in [2.45, 2.75) is 33.1 Å². The lowest BCUT2D eigenvalue weighted by Crippen LogP contribution is -2.32. The van der Waals surface area contributed by atoms with E-state index in [1.807, 2.05) is 13.8 Å². The Morgan fingerprint density at radius 1 is 1.32 bits per heavy atom. The zero-order valence-corrected chi connectivity index (χ0v) is 13.4. The monoisotopic (exact) mass is 322 g/mol. The van der Waals surface area contributed by atoms with Gasteiger partial charge in [0.1, 0.15) is 11.5 Å². The summed E-state index contributed by atoms with van der Waals surface area (Å²) in [6.07, 6.45) is 1.57. The molecule has 1 aliphatic carbocycles. The second-order valence-electron chi connectivity index (χ2n) is 6.19. The molecule has 0 heterocycles. The highest BCUT2D eigenvalue weighted by Gasteiger charge is 2.30. The second kappa shape index (κ2) is 6.92. The van der Waals surface area contributed by atoms with Gasteiger partial charge in [-0.05, 0) is 36.1 Å². The standard InChI is InChI=1S/C16H19ClN2O3/c1-16(2)8-12(7-13(20)9-16)18-19-15(21)10-22-14-5-3-11(17)4-6-14/h3-6H,7-10H2,1-2H3,(H,19,21)/b18-12-. The number of nitrogens with zero attached hydrogens (tertiary/aromatic N) is 1. The summed E-state index contributed by atoms with van der Waals surface area (Å²) in [6.45, 7) is 3.89. The molecular formula is C16H19ClN2O3. The molecule has 1 N–H and O–H groups in total. The van der Waals surface area contributed by atoms with Gasteiger partial charge >= 0.3 is 0 Å². The topological polar surface area (TPSA) is 67.8 Å². The molecule has 0 saturated heterocycles. The number of ether oxygens (including phenoxy) is 1. The number of hydrogen-bond donors (Lipinski definition) is 1. The smallest absolute Gasteiger partial charge is 0.277 e. The molecule has 0 spiro atoms. The third-order valence-electron chi connectivity index (χ3n) is 3.28. The Labute approximate surface area is 134 Å². The predicted octanol–water partition coefficient (Wildman–Crippen LogP) is 2.97. The summed E-state index contributed by atoms with van der Waals surface area (Å²) in [7, 11) is 0. The Kier molecular flexibility index (Phi) is 5.19. The highest BCUT2D eigenvalue weighted by Crippen LogP contribution is 2.31. The maximum atomic E-state index is 11.7. The predicted molar refractivity (Wildman–Crippen MR) is 85.2 cm³/mol. The molecule has 1 fully saturated rings. The van der Waals surface area contributed by atoms with Crippen molar-refractivity contribution in [2.24, 2.45) is 10.5 Å². The van der Waals surface area contributed by atoms with Crippen LogP contribution in [0, 0.1) is 5.41 Å². The van der Waals surface area contributed by atoms with Gasteiger partial charge in [0.15, 0.2) is 6.61 Å². The van der Waals surface area contributed by atoms with Crippen molar-refractivity contribution >= 4 is 29.0 Å². The average molecular weight is 323 g/mol. The second-order valence-corrected chi connectivity index (χ2v) is 6.63. The van der Waals surface area contributed by atoms with E-state index in [4.69, 9.17) is 16.3 Å². The molecule has 0 radical (unpaired) electrons. The first-order valence-corrected chi connectivity index (χ1v) is 7.46. The van der Waals surface area contributed by atoms with Crippen LogP contribution in [0.3, 0.4) is 0 Å². The number of hydrazone groups is 1. The van der Waals surface area contributed by atoms with Gasteiger partial charge in [-0.2, -0.15) is 5.10 Å². The molecule has 0 aliphatic heterocycles. The van der Waals surface area contributed by atoms with E-state index >= 15 is 0 Å². The maximum absolute atomic E-state index is 11.7. The van der Waals surface area contributed by atoms with E-state index in [1.54, 1.807) is 24.3 Å². The summed E-state index contributed by atoms with van der Waals surface area (Å²) in [4.78, 5) is 23.4. The molecule has 22 heavy (non-hydrogen) atoms. The highest BCUT2D eigenvalue weighted by molar-refractivity contribution is 6.30. The van der Waals surface area contributed by atoms with Gasteiger partial charge in [0, 0.05) is 23.6 Å². The molecule has 6 heteroatoms. The van der Waals surface area contributed by atoms with Crippen LogP contribution >= 0.6 is 11.6 Å². The van der Waals surface area contributed by atoms with Gasteiger partial charge in [-0.3, -0.25) is 9.59 Å². The lowest BCUT2D eigenvalue weighted by Gasteiger charge is -2.28. The zero-order valence-electron chi connectivity index (χ0n) is 12.7. The van der Waals surface area contributed by atoms with Crippen LogP contribution in [0.4, 0.5) is 0 Å². The summed E-state index contributed by atoms with van der Waals surface area (Å²) in [5.41, 5.74) is 3.05. The third-order valence-corrected chi connectivity index (χ3v) is 3.53. The van der Waals surface area contributed by atoms with Crippen molar-refractivity contribution in [3.8, 4) is 5.75 Å². The fourth-order valence-electron chi connectivity index (χ4n) is 2.43. The fraction of sp³-hybridized carbons (Fsp3) is 0.438. The van der Waals surface area contributed by atoms with Crippen LogP contribution in [0.25, 0.3) is 0 Å². The molecule has 118 valence electrons. The molecule has 1 amide bonds. The molecule has 0 unspecified atom stereocenters. The van der Waals surface area contributed by atoms with E-state index in [0.29, 0.717) is 35.7 Å². The Morgan fingerprint density at radius 2 is 2.00 bits per heavy atom. The van der Waals surface area contributed by atoms with Gasteiger partial charge in [0.25, 0.3) is 5.91 Å². The quantitative estimate of drug-likeness (QED) is 0.866. The van der Waals surface area contributed by atoms with Gasteiger partial charge in [0.05, 0.1) is 0 Å². The number of rotatable bonds is 4. The summed E-state index contributed by atoms with van der Waals surface area (Å²) < 4.78 is 5.32. The lowest BCUT2D eigenvalue weighted by molar-refractivity contribution is -0.123. The Balaban J connectivity index is 1.83. The van der Waals surface area contributed by atoms with Crippen LogP contribution in [0.2, 0.25) is 5.02 Å². The van der Waals surface area contributed by atoms with Crippen LogP contribution in [0.5, 0.6) is 5.75 Å². The van der Waals surface area contributed by atoms with Crippen LogP contribution in [-0.2, 0) is 9.59 Å². The van der Waals surface area contributed by atoms with Crippen LogP contribution in [-0.4, -0.2) is 24.0 Å². The van der Waals surface area contributed by atoms with Crippen molar-refractivity contribution < 1.29 is 14.3 Å². The zero-order chi connectivity index (χ0) is 16.2. The third kappa shape index (κ3) is 5.15. The van der Waals surface area contributed by atoms with E-state index in [9.17, 15) is 9.59 Å². The van der Waals surface area contributed by atoms with Gasteiger partial charge in [-0.15, -0.1) is 0 Å². The summed E-state index contributed by atoms with van der Waals surface area (Å²) >= 11 is 5.76. The largest absolute Gasteiger partial charge is 0.484 e. The molecule has 0 aromatic heterocycles. The van der Waals surface area contributed by atoms with Crippen molar-refractivity contribution in [1.82, 2.24) is 5.43 Å². The first-order chi connectivity index (χ1) is 10.3. The Morgan fingerprint density at radius 3 is 2.64 bits per heavy atom. The number of hydrogen-bond acceptors (Lipinski definition) is 4. The van der Waals surface area contributed by atoms with E-state index in [2.05, 4.69) is 10.5 Å². The molecule has 0 bridgehead atoms. The summed E-state index contributed by atoms with van der Waals surface area (Å²) in [6, 6.07) is 6.74. The molecular weight excluding hydrogens is 304 g/mol. The van der Waals surface area contributed by atoms with E-state index in [1.165, 1.54) is 0 Å². The highest BCUT2D eigenvalue weighted by atomic mass is 35.5. The van der Waals surface area contributed by atoms with Gasteiger partial charge in [0.2, 0.25) is 0 Å². The van der Waals surface area contributed by atoms with Crippen molar-refractivity contribution in [1.29, 1.82) is 0 Å². The van der Waals surface area contributed by atoms with Crippen molar-refractivity contribution in [2.75, 3.05) is 6.61 Å². The lowest BCUT2D eigenvalue weighted by atomic mass is 9.76. The van der Waals surface area contributed by atoms with Gasteiger partial charge in [-0.1, -0.05) is 25.4 Å². The number of carbonyl (C=O) groups is 2. The Bertz CT molecular complexity index is 594. The van der Waals surface area contributed by atoms with Crippen LogP contribution < -0.4 is 10.2 Å². The normalized spacial score (nSPS) is 19.0. The summed E-state index contributed by atoms with van der Waals surface area (Å²) in [5.74, 6) is 0.348. The number of Topliss-reactive ketones (excluding diaryl/α,β-unsaturated/α-hetero) is 1. The van der Waals surface area contributed by atoms with Crippen molar-refractivity contribution in [3.05, 3.63) is 29.3 Å². The average Bonchev–Trinajstić information content (AvgIpc) is 2.42.